The van der Waals surface area contributed by atoms with Crippen LogP contribution in [-0.4, -0.2) is 37.7 Å². The quantitative estimate of drug-likeness (QED) is 0.748. The Morgan fingerprint density at radius 1 is 1.15 bits per heavy atom. The van der Waals surface area contributed by atoms with E-state index in [-0.39, 0.29) is 6.10 Å². The second kappa shape index (κ2) is 8.98. The predicted molar refractivity (Wildman–Crippen MR) is 86.4 cm³/mol. The lowest BCUT2D eigenvalue weighted by Crippen LogP contribution is -2.33. The minimum Gasteiger partial charge on any atom is -0.491 e. The van der Waals surface area contributed by atoms with Crippen LogP contribution in [0, 0.1) is 0 Å². The summed E-state index contributed by atoms with van der Waals surface area (Å²) in [6.07, 6.45) is 1.41. The summed E-state index contributed by atoms with van der Waals surface area (Å²) in [7, 11) is 2.18. The Hall–Kier alpha value is -1.06. The lowest BCUT2D eigenvalue weighted by Gasteiger charge is -2.25. The molecule has 0 spiro atoms. The fourth-order valence-corrected chi connectivity index (χ4v) is 2.37. The van der Waals surface area contributed by atoms with Gasteiger partial charge < -0.3 is 15.0 Å². The highest BCUT2D eigenvalue weighted by molar-refractivity contribution is 5.29. The first-order valence-corrected chi connectivity index (χ1v) is 7.75. The highest BCUT2D eigenvalue weighted by Gasteiger charge is 2.12. The first-order valence-electron chi connectivity index (χ1n) is 7.75. The van der Waals surface area contributed by atoms with Gasteiger partial charge in [-0.1, -0.05) is 26.0 Å². The number of nitrogens with one attached hydrogen (secondary N) is 1. The lowest BCUT2D eigenvalue weighted by molar-refractivity contribution is 0.242. The molecule has 0 aliphatic heterocycles. The Morgan fingerprint density at radius 3 is 2.30 bits per heavy atom. The van der Waals surface area contributed by atoms with Gasteiger partial charge in [0.1, 0.15) is 5.75 Å². The fraction of sp³-hybridized carbons (Fsp3) is 0.647. The summed E-state index contributed by atoms with van der Waals surface area (Å²) in [5.74, 6) is 0.945. The first-order chi connectivity index (χ1) is 9.56. The molecule has 3 heteroatoms. The van der Waals surface area contributed by atoms with E-state index in [1.807, 2.05) is 0 Å². The molecule has 20 heavy (non-hydrogen) atoms. The van der Waals surface area contributed by atoms with Gasteiger partial charge in [0.05, 0.1) is 6.10 Å². The molecule has 1 atom stereocenters. The van der Waals surface area contributed by atoms with E-state index in [9.17, 15) is 0 Å². The summed E-state index contributed by atoms with van der Waals surface area (Å²) < 4.78 is 5.70. The molecule has 0 radical (unpaired) electrons. The van der Waals surface area contributed by atoms with Crippen molar-refractivity contribution in [3.05, 3.63) is 29.8 Å². The molecule has 1 N–H and O–H groups in total. The number of hydrogen-bond donors (Lipinski definition) is 1. The van der Waals surface area contributed by atoms with Crippen LogP contribution in [0.2, 0.25) is 0 Å². The van der Waals surface area contributed by atoms with Crippen LogP contribution in [0.5, 0.6) is 5.75 Å². The van der Waals surface area contributed by atoms with Crippen LogP contribution < -0.4 is 10.1 Å². The zero-order valence-electron chi connectivity index (χ0n) is 13.6. The maximum Gasteiger partial charge on any atom is 0.119 e. The molecule has 0 aliphatic carbocycles. The molecule has 114 valence electrons. The van der Waals surface area contributed by atoms with E-state index in [2.05, 4.69) is 69.2 Å². The van der Waals surface area contributed by atoms with Crippen molar-refractivity contribution in [2.45, 2.75) is 46.3 Å². The van der Waals surface area contributed by atoms with Crippen LogP contribution in [0.3, 0.4) is 0 Å². The van der Waals surface area contributed by atoms with E-state index < -0.39 is 0 Å². The molecule has 1 aromatic rings. The summed E-state index contributed by atoms with van der Waals surface area (Å²) >= 11 is 0. The summed E-state index contributed by atoms with van der Waals surface area (Å²) in [4.78, 5) is 2.38. The topological polar surface area (TPSA) is 24.5 Å². The van der Waals surface area contributed by atoms with E-state index in [4.69, 9.17) is 4.74 Å². The molecule has 1 aromatic carbocycles. The highest BCUT2D eigenvalue weighted by Crippen LogP contribution is 2.19. The number of ether oxygens (including phenoxy) is 1. The summed E-state index contributed by atoms with van der Waals surface area (Å²) in [6.45, 7) is 11.6. The Kier molecular flexibility index (Phi) is 7.63. The van der Waals surface area contributed by atoms with E-state index in [1.54, 1.807) is 0 Å². The zero-order chi connectivity index (χ0) is 15.0. The molecular weight excluding hydrogens is 248 g/mol. The minimum atomic E-state index is 0.223. The molecule has 1 rings (SSSR count). The molecule has 0 aliphatic rings. The molecule has 1 unspecified atom stereocenters. The van der Waals surface area contributed by atoms with Crippen LogP contribution in [0.15, 0.2) is 24.3 Å². The average Bonchev–Trinajstić information content (AvgIpc) is 2.39. The summed E-state index contributed by atoms with van der Waals surface area (Å²) in [6, 6.07) is 8.86. The van der Waals surface area contributed by atoms with Crippen molar-refractivity contribution in [2.75, 3.05) is 26.7 Å². The van der Waals surface area contributed by atoms with Gasteiger partial charge in [-0.05, 0) is 58.1 Å². The normalized spacial score (nSPS) is 12.9. The lowest BCUT2D eigenvalue weighted by atomic mass is 10.1. The number of rotatable bonds is 9. The SMILES string of the molecule is CCCN(C)CC(NCC)c1ccc(OC(C)C)cc1. The largest absolute Gasteiger partial charge is 0.491 e. The van der Waals surface area contributed by atoms with E-state index in [0.717, 1.165) is 25.4 Å². The maximum absolute atomic E-state index is 5.70. The van der Waals surface area contributed by atoms with Crippen molar-refractivity contribution in [1.29, 1.82) is 0 Å². The van der Waals surface area contributed by atoms with Crippen molar-refractivity contribution in [2.24, 2.45) is 0 Å². The van der Waals surface area contributed by atoms with Gasteiger partial charge in [-0.2, -0.15) is 0 Å². The van der Waals surface area contributed by atoms with Gasteiger partial charge in [0.2, 0.25) is 0 Å². The predicted octanol–water partition coefficient (Wildman–Crippen LogP) is 3.47. The van der Waals surface area contributed by atoms with Gasteiger partial charge in [0.25, 0.3) is 0 Å². The highest BCUT2D eigenvalue weighted by atomic mass is 16.5. The molecule has 0 saturated carbocycles. The minimum absolute atomic E-state index is 0.223. The molecule has 0 fully saturated rings. The van der Waals surface area contributed by atoms with Crippen molar-refractivity contribution in [3.63, 3.8) is 0 Å². The number of nitrogens with zero attached hydrogens (tertiary/aromatic N) is 1. The first kappa shape index (κ1) is 17.0. The molecule has 0 heterocycles. The van der Waals surface area contributed by atoms with Gasteiger partial charge in [0.15, 0.2) is 0 Å². The van der Waals surface area contributed by atoms with E-state index in [1.165, 1.54) is 12.0 Å². The molecule has 0 amide bonds. The van der Waals surface area contributed by atoms with Crippen LogP contribution in [0.25, 0.3) is 0 Å². The van der Waals surface area contributed by atoms with E-state index in [0.29, 0.717) is 6.04 Å². The van der Waals surface area contributed by atoms with Crippen molar-refractivity contribution >= 4 is 0 Å². The smallest absolute Gasteiger partial charge is 0.119 e. The van der Waals surface area contributed by atoms with Gasteiger partial charge in [-0.25, -0.2) is 0 Å². The molecular formula is C17H30N2O. The van der Waals surface area contributed by atoms with Gasteiger partial charge >= 0.3 is 0 Å². The standard InChI is InChI=1S/C17H30N2O/c1-6-12-19(5)13-17(18-7-2)15-8-10-16(11-9-15)20-14(3)4/h8-11,14,17-18H,6-7,12-13H2,1-5H3. The third kappa shape index (κ3) is 5.93. The van der Waals surface area contributed by atoms with Crippen LogP contribution in [-0.2, 0) is 0 Å². The molecule has 0 aromatic heterocycles. The van der Waals surface area contributed by atoms with Crippen LogP contribution in [0.1, 0.15) is 45.7 Å². The molecule has 3 nitrogen and oxygen atoms in total. The zero-order valence-corrected chi connectivity index (χ0v) is 13.6. The monoisotopic (exact) mass is 278 g/mol. The van der Waals surface area contributed by atoms with Crippen LogP contribution >= 0.6 is 0 Å². The number of likely N-dealkylation sites (N-methyl/N-ethyl adjacent to an activating group) is 2. The van der Waals surface area contributed by atoms with E-state index >= 15 is 0 Å². The second-order valence-corrected chi connectivity index (χ2v) is 5.61. The third-order valence-electron chi connectivity index (χ3n) is 3.20. The van der Waals surface area contributed by atoms with Gasteiger partial charge in [-0.3, -0.25) is 0 Å². The summed E-state index contributed by atoms with van der Waals surface area (Å²) in [5.41, 5.74) is 1.32. The van der Waals surface area contributed by atoms with Crippen LogP contribution in [0.4, 0.5) is 0 Å². The van der Waals surface area contributed by atoms with Crippen molar-refractivity contribution in [3.8, 4) is 5.75 Å². The Balaban J connectivity index is 2.70. The average molecular weight is 278 g/mol. The number of benzene rings is 1. The Labute approximate surface area is 124 Å². The Bertz CT molecular complexity index is 362. The third-order valence-corrected chi connectivity index (χ3v) is 3.20. The second-order valence-electron chi connectivity index (χ2n) is 5.61. The molecule has 0 bridgehead atoms. The van der Waals surface area contributed by atoms with Gasteiger partial charge in [-0.15, -0.1) is 0 Å². The summed E-state index contributed by atoms with van der Waals surface area (Å²) in [5, 5.41) is 3.57. The number of hydrogen-bond acceptors (Lipinski definition) is 3. The Morgan fingerprint density at radius 2 is 1.80 bits per heavy atom. The van der Waals surface area contributed by atoms with Crippen molar-refractivity contribution in [1.82, 2.24) is 10.2 Å². The molecule has 0 saturated heterocycles. The maximum atomic E-state index is 5.70. The van der Waals surface area contributed by atoms with Crippen molar-refractivity contribution < 1.29 is 4.74 Å². The van der Waals surface area contributed by atoms with Gasteiger partial charge in [0, 0.05) is 12.6 Å². The fourth-order valence-electron chi connectivity index (χ4n) is 2.37.